The third-order valence-electron chi connectivity index (χ3n) is 6.37. The van der Waals surface area contributed by atoms with Crippen LogP contribution in [0.2, 0.25) is 0 Å². The van der Waals surface area contributed by atoms with Crippen molar-refractivity contribution in [3.05, 3.63) is 65.7 Å². The number of carbonyl (C=O) groups is 2. The summed E-state index contributed by atoms with van der Waals surface area (Å²) < 4.78 is 33.5. The first-order valence-electron chi connectivity index (χ1n) is 11.4. The van der Waals surface area contributed by atoms with Crippen molar-refractivity contribution in [2.75, 3.05) is 25.9 Å². The van der Waals surface area contributed by atoms with Gasteiger partial charge in [-0.3, -0.25) is 15.0 Å². The maximum absolute atomic E-state index is 13.7. The number of benzene rings is 3. The van der Waals surface area contributed by atoms with E-state index in [0.29, 0.717) is 28.0 Å². The van der Waals surface area contributed by atoms with Crippen LogP contribution in [-0.2, 0) is 26.2 Å². The number of nitrogen functional groups attached to an aromatic ring is 2. The summed E-state index contributed by atoms with van der Waals surface area (Å²) in [5, 5.41) is 9.06. The highest BCUT2D eigenvalue weighted by Crippen LogP contribution is 2.29. The molecular weight excluding hydrogens is 496 g/mol. The van der Waals surface area contributed by atoms with Crippen molar-refractivity contribution >= 4 is 44.1 Å². The lowest BCUT2D eigenvalue weighted by Gasteiger charge is -2.26. The molecule has 1 aliphatic rings. The molecule has 194 valence electrons. The molecule has 4 rings (SSSR count). The minimum absolute atomic E-state index is 0.0702. The number of fused-ring (bicyclic) bond motifs is 1. The third-order valence-corrected chi connectivity index (χ3v) is 8.22. The van der Waals surface area contributed by atoms with Crippen molar-refractivity contribution in [2.24, 2.45) is 11.5 Å². The molecule has 11 nitrogen and oxygen atoms in total. The zero-order valence-corrected chi connectivity index (χ0v) is 21.0. The number of nitrogens with zero attached hydrogens (tertiary/aromatic N) is 2. The van der Waals surface area contributed by atoms with E-state index >= 15 is 0 Å². The molecule has 3 aromatic carbocycles. The quantitative estimate of drug-likeness (QED) is 0.182. The molecule has 0 radical (unpaired) electrons. The maximum atomic E-state index is 13.7. The lowest BCUT2D eigenvalue weighted by molar-refractivity contribution is -0.131. The van der Waals surface area contributed by atoms with E-state index in [1.165, 1.54) is 24.1 Å². The number of sulfonamides is 1. The Balaban J connectivity index is 1.65. The molecule has 0 spiro atoms. The molecule has 1 aliphatic heterocycles. The topological polar surface area (TPSA) is 186 Å². The Morgan fingerprint density at radius 3 is 2.51 bits per heavy atom. The van der Waals surface area contributed by atoms with Gasteiger partial charge in [-0.1, -0.05) is 12.1 Å². The summed E-state index contributed by atoms with van der Waals surface area (Å²) in [6.07, 6.45) is 0.166. The lowest BCUT2D eigenvalue weighted by atomic mass is 10.1. The Labute approximate surface area is 214 Å². The van der Waals surface area contributed by atoms with Crippen molar-refractivity contribution in [1.29, 1.82) is 5.41 Å². The average Bonchev–Trinajstić information content (AvgIpc) is 3.22. The smallest absolute Gasteiger partial charge is 0.244 e. The van der Waals surface area contributed by atoms with Crippen molar-refractivity contribution in [3.8, 4) is 5.75 Å². The summed E-state index contributed by atoms with van der Waals surface area (Å²) in [5.41, 5.74) is 18.5. The molecule has 0 bridgehead atoms. The predicted molar refractivity (Wildman–Crippen MR) is 139 cm³/mol. The molecule has 1 fully saturated rings. The Morgan fingerprint density at radius 1 is 1.11 bits per heavy atom. The Kier molecular flexibility index (Phi) is 7.05. The van der Waals surface area contributed by atoms with Crippen molar-refractivity contribution in [3.63, 3.8) is 0 Å². The predicted octanol–water partition coefficient (Wildman–Crippen LogP) is 0.992. The molecule has 1 saturated heterocycles. The molecule has 2 amide bonds. The van der Waals surface area contributed by atoms with Gasteiger partial charge in [-0.15, -0.1) is 0 Å². The van der Waals surface area contributed by atoms with E-state index in [9.17, 15) is 18.0 Å². The molecule has 0 saturated carbocycles. The zero-order chi connectivity index (χ0) is 26.9. The van der Waals surface area contributed by atoms with Crippen LogP contribution in [0.5, 0.6) is 5.75 Å². The van der Waals surface area contributed by atoms with Gasteiger partial charge in [0.2, 0.25) is 21.8 Å². The highest BCUT2D eigenvalue weighted by atomic mass is 32.2. The van der Waals surface area contributed by atoms with E-state index in [2.05, 4.69) is 0 Å². The van der Waals surface area contributed by atoms with Gasteiger partial charge < -0.3 is 26.8 Å². The van der Waals surface area contributed by atoms with Gasteiger partial charge in [0.1, 0.15) is 17.6 Å². The fourth-order valence-corrected chi connectivity index (χ4v) is 6.02. The van der Waals surface area contributed by atoms with Crippen LogP contribution in [0.4, 0.5) is 5.69 Å². The first-order valence-corrected chi connectivity index (χ1v) is 12.8. The Bertz CT molecular complexity index is 1510. The molecule has 0 aliphatic carbocycles. The standard InChI is InChI=1S/C25H28N6O5S/c1-36-19-5-2-15-3-6-20(12-17(15)11-19)37(34,35)31(14-23(27)32)22-8-9-30(25(22)33)13-18-10-16(24(28)29)4-7-21(18)26/h2-7,10-12,22H,8-9,13-14,26H2,1H3,(H2,27,32)(H3,28,29)/t22-/m0/s1. The van der Waals surface area contributed by atoms with E-state index in [-0.39, 0.29) is 30.2 Å². The molecule has 7 N–H and O–H groups in total. The second-order valence-electron chi connectivity index (χ2n) is 8.78. The molecule has 1 heterocycles. The van der Waals surface area contributed by atoms with Crippen molar-refractivity contribution in [2.45, 2.75) is 23.9 Å². The highest BCUT2D eigenvalue weighted by molar-refractivity contribution is 7.89. The third kappa shape index (κ3) is 5.20. The van der Waals surface area contributed by atoms with E-state index in [4.69, 9.17) is 27.3 Å². The molecule has 3 aromatic rings. The van der Waals surface area contributed by atoms with Crippen LogP contribution < -0.4 is 21.9 Å². The molecule has 37 heavy (non-hydrogen) atoms. The first-order chi connectivity index (χ1) is 17.5. The number of nitrogens with two attached hydrogens (primary N) is 3. The van der Waals surface area contributed by atoms with Crippen LogP contribution in [0.15, 0.2) is 59.5 Å². The maximum Gasteiger partial charge on any atom is 0.244 e. The number of methoxy groups -OCH3 is 1. The summed E-state index contributed by atoms with van der Waals surface area (Å²) in [7, 11) is -2.76. The molecule has 0 unspecified atom stereocenters. The van der Waals surface area contributed by atoms with Crippen LogP contribution >= 0.6 is 0 Å². The summed E-state index contributed by atoms with van der Waals surface area (Å²) >= 11 is 0. The summed E-state index contributed by atoms with van der Waals surface area (Å²) in [6, 6.07) is 13.5. The van der Waals surface area contributed by atoms with Gasteiger partial charge >= 0.3 is 0 Å². The average molecular weight is 525 g/mol. The normalized spacial score (nSPS) is 15.9. The second-order valence-corrected chi connectivity index (χ2v) is 10.7. The van der Waals surface area contributed by atoms with Gasteiger partial charge in [0, 0.05) is 24.3 Å². The number of ether oxygens (including phenoxy) is 1. The van der Waals surface area contributed by atoms with Gasteiger partial charge in [0.05, 0.1) is 18.6 Å². The Morgan fingerprint density at radius 2 is 1.84 bits per heavy atom. The lowest BCUT2D eigenvalue weighted by Crippen LogP contribution is -2.48. The largest absolute Gasteiger partial charge is 0.497 e. The fraction of sp³-hybridized carbons (Fsp3) is 0.240. The monoisotopic (exact) mass is 524 g/mol. The number of carbonyl (C=O) groups excluding carboxylic acids is 2. The van der Waals surface area contributed by atoms with E-state index in [0.717, 1.165) is 9.69 Å². The number of hydrogen-bond acceptors (Lipinski definition) is 7. The van der Waals surface area contributed by atoms with Gasteiger partial charge in [-0.25, -0.2) is 8.42 Å². The molecular formula is C25H28N6O5S. The SMILES string of the molecule is COc1ccc2ccc(S(=O)(=O)N(CC(N)=O)[C@H]3CCN(Cc4cc(C(=N)N)ccc4N)C3=O)cc2c1. The minimum atomic E-state index is -4.27. The number of likely N-dealkylation sites (tertiary alicyclic amines) is 1. The zero-order valence-electron chi connectivity index (χ0n) is 20.2. The summed E-state index contributed by atoms with van der Waals surface area (Å²) in [5.74, 6) is -0.931. The number of hydrogen-bond donors (Lipinski definition) is 4. The number of amidine groups is 1. The van der Waals surface area contributed by atoms with E-state index < -0.39 is 34.4 Å². The van der Waals surface area contributed by atoms with Crippen LogP contribution in [0.25, 0.3) is 10.8 Å². The van der Waals surface area contributed by atoms with Crippen LogP contribution in [-0.4, -0.2) is 61.5 Å². The van der Waals surface area contributed by atoms with Gasteiger partial charge in [-0.05, 0) is 65.2 Å². The number of nitrogens with one attached hydrogen (secondary N) is 1. The van der Waals surface area contributed by atoms with Gasteiger partial charge in [0.15, 0.2) is 0 Å². The molecule has 1 atom stereocenters. The fourth-order valence-electron chi connectivity index (χ4n) is 4.40. The number of primary amides is 1. The van der Waals surface area contributed by atoms with Crippen LogP contribution in [0.1, 0.15) is 17.5 Å². The Hall–Kier alpha value is -4.16. The van der Waals surface area contributed by atoms with Crippen molar-refractivity contribution in [1.82, 2.24) is 9.21 Å². The summed E-state index contributed by atoms with van der Waals surface area (Å²) in [4.78, 5) is 26.7. The minimum Gasteiger partial charge on any atom is -0.497 e. The number of anilines is 1. The van der Waals surface area contributed by atoms with E-state index in [1.54, 1.807) is 42.5 Å². The first kappa shape index (κ1) is 25.9. The van der Waals surface area contributed by atoms with Crippen LogP contribution in [0.3, 0.4) is 0 Å². The van der Waals surface area contributed by atoms with Gasteiger partial charge in [0.25, 0.3) is 0 Å². The second kappa shape index (κ2) is 10.1. The molecule has 12 heteroatoms. The van der Waals surface area contributed by atoms with Crippen LogP contribution in [0, 0.1) is 5.41 Å². The van der Waals surface area contributed by atoms with Gasteiger partial charge in [-0.2, -0.15) is 4.31 Å². The molecule has 0 aromatic heterocycles. The number of rotatable bonds is 9. The number of amides is 2. The van der Waals surface area contributed by atoms with Crippen molar-refractivity contribution < 1.29 is 22.7 Å². The van der Waals surface area contributed by atoms with E-state index in [1.807, 2.05) is 0 Å². The highest BCUT2D eigenvalue weighted by Gasteiger charge is 2.42. The summed E-state index contributed by atoms with van der Waals surface area (Å²) in [6.45, 7) is -0.305.